The number of hydrogen-bond donors (Lipinski definition) is 1. The summed E-state index contributed by atoms with van der Waals surface area (Å²) < 4.78 is 9.58. The number of carbonyl (C=O) groups is 2. The van der Waals surface area contributed by atoms with Gasteiger partial charge in [-0.05, 0) is 32.9 Å². The first-order valence-corrected chi connectivity index (χ1v) is 5.36. The van der Waals surface area contributed by atoms with Crippen LogP contribution in [0.25, 0.3) is 0 Å². The van der Waals surface area contributed by atoms with Crippen LogP contribution >= 0.6 is 0 Å². The van der Waals surface area contributed by atoms with Crippen molar-refractivity contribution in [2.75, 3.05) is 12.4 Å². The van der Waals surface area contributed by atoms with Crippen LogP contribution in [0.1, 0.15) is 31.3 Å². The zero-order valence-corrected chi connectivity index (χ0v) is 10.8. The third kappa shape index (κ3) is 4.40. The van der Waals surface area contributed by atoms with Gasteiger partial charge in [0, 0.05) is 0 Å². The molecule has 0 aromatic carbocycles. The number of rotatable bonds is 2. The van der Waals surface area contributed by atoms with Gasteiger partial charge >= 0.3 is 12.1 Å². The van der Waals surface area contributed by atoms with E-state index in [1.54, 1.807) is 26.8 Å². The lowest BCUT2D eigenvalue weighted by Crippen LogP contribution is -2.27. The normalized spacial score (nSPS) is 10.7. The Kier molecular flexibility index (Phi) is 4.25. The fraction of sp³-hybridized carbons (Fsp3) is 0.417. The molecular weight excluding hydrogens is 236 g/mol. The summed E-state index contributed by atoms with van der Waals surface area (Å²) in [5.74, 6) is -0.529. The average molecular weight is 252 g/mol. The van der Waals surface area contributed by atoms with Crippen LogP contribution in [0.5, 0.6) is 0 Å². The summed E-state index contributed by atoms with van der Waals surface area (Å²) in [6.07, 6.45) is 0.783. The number of anilines is 1. The van der Waals surface area contributed by atoms with Crippen molar-refractivity contribution in [1.29, 1.82) is 0 Å². The molecule has 18 heavy (non-hydrogen) atoms. The van der Waals surface area contributed by atoms with Gasteiger partial charge in [-0.1, -0.05) is 0 Å². The number of carbonyl (C=O) groups excluding carboxylic acids is 2. The molecule has 1 N–H and O–H groups in total. The lowest BCUT2D eigenvalue weighted by molar-refractivity contribution is 0.0592. The van der Waals surface area contributed by atoms with Crippen molar-refractivity contribution in [2.24, 2.45) is 0 Å². The Morgan fingerprint density at radius 1 is 1.28 bits per heavy atom. The molecule has 0 bridgehead atoms. The molecule has 0 aliphatic rings. The number of nitrogens with one attached hydrogen (secondary N) is 1. The van der Waals surface area contributed by atoms with Gasteiger partial charge in [-0.15, -0.1) is 0 Å². The molecule has 6 heteroatoms. The molecule has 1 amide bonds. The molecule has 0 aliphatic heterocycles. The van der Waals surface area contributed by atoms with Crippen LogP contribution in [-0.4, -0.2) is 29.8 Å². The highest BCUT2D eigenvalue weighted by atomic mass is 16.6. The number of ether oxygens (including phenoxy) is 2. The van der Waals surface area contributed by atoms with E-state index in [0.29, 0.717) is 5.69 Å². The van der Waals surface area contributed by atoms with Crippen LogP contribution < -0.4 is 5.32 Å². The number of pyridine rings is 1. The van der Waals surface area contributed by atoms with E-state index < -0.39 is 17.7 Å². The predicted octanol–water partition coefficient (Wildman–Crippen LogP) is 2.22. The van der Waals surface area contributed by atoms with Crippen LogP contribution in [0, 0.1) is 0 Å². The van der Waals surface area contributed by atoms with E-state index >= 15 is 0 Å². The standard InChI is InChI=1S/C12H16N2O4/c1-12(2,3)18-11(16)14-8-5-6-9(13-7-8)10(15)17-4/h5-7H,1-4H3,(H,14,16). The van der Waals surface area contributed by atoms with Gasteiger partial charge in [0.1, 0.15) is 11.3 Å². The van der Waals surface area contributed by atoms with E-state index in [9.17, 15) is 9.59 Å². The summed E-state index contributed by atoms with van der Waals surface area (Å²) in [5, 5.41) is 2.51. The SMILES string of the molecule is COC(=O)c1ccc(NC(=O)OC(C)(C)C)cn1. The van der Waals surface area contributed by atoms with Crippen molar-refractivity contribution >= 4 is 17.7 Å². The molecule has 98 valence electrons. The van der Waals surface area contributed by atoms with Crippen molar-refractivity contribution in [3.8, 4) is 0 Å². The molecule has 1 aromatic heterocycles. The molecule has 0 unspecified atom stereocenters. The van der Waals surface area contributed by atoms with E-state index in [1.807, 2.05) is 0 Å². The van der Waals surface area contributed by atoms with Crippen LogP contribution in [0.2, 0.25) is 0 Å². The highest BCUT2D eigenvalue weighted by Crippen LogP contribution is 2.11. The topological polar surface area (TPSA) is 77.5 Å². The van der Waals surface area contributed by atoms with E-state index in [-0.39, 0.29) is 5.69 Å². The van der Waals surface area contributed by atoms with Crippen molar-refractivity contribution in [2.45, 2.75) is 26.4 Å². The first kappa shape index (κ1) is 14.0. The second-order valence-corrected chi connectivity index (χ2v) is 4.55. The first-order chi connectivity index (χ1) is 8.31. The fourth-order valence-electron chi connectivity index (χ4n) is 1.11. The summed E-state index contributed by atoms with van der Waals surface area (Å²) in [6, 6.07) is 3.00. The second kappa shape index (κ2) is 5.48. The van der Waals surface area contributed by atoms with Crippen LogP contribution in [0.15, 0.2) is 18.3 Å². The van der Waals surface area contributed by atoms with Crippen molar-refractivity contribution in [3.05, 3.63) is 24.0 Å². The number of aromatic nitrogens is 1. The summed E-state index contributed by atoms with van der Waals surface area (Å²) in [7, 11) is 1.27. The Morgan fingerprint density at radius 3 is 2.39 bits per heavy atom. The number of hydrogen-bond acceptors (Lipinski definition) is 5. The highest BCUT2D eigenvalue weighted by molar-refractivity contribution is 5.88. The van der Waals surface area contributed by atoms with E-state index in [2.05, 4.69) is 15.0 Å². The lowest BCUT2D eigenvalue weighted by atomic mass is 10.2. The third-order valence-corrected chi connectivity index (χ3v) is 1.80. The first-order valence-electron chi connectivity index (χ1n) is 5.36. The maximum atomic E-state index is 11.5. The van der Waals surface area contributed by atoms with Crippen molar-refractivity contribution in [3.63, 3.8) is 0 Å². The molecule has 6 nitrogen and oxygen atoms in total. The molecule has 0 radical (unpaired) electrons. The Bertz CT molecular complexity index is 434. The van der Waals surface area contributed by atoms with Gasteiger partial charge in [-0.2, -0.15) is 0 Å². The predicted molar refractivity (Wildman–Crippen MR) is 65.4 cm³/mol. The lowest BCUT2D eigenvalue weighted by Gasteiger charge is -2.19. The van der Waals surface area contributed by atoms with Crippen molar-refractivity contribution in [1.82, 2.24) is 4.98 Å². The maximum Gasteiger partial charge on any atom is 0.412 e. The van der Waals surface area contributed by atoms with Crippen LogP contribution in [0.3, 0.4) is 0 Å². The van der Waals surface area contributed by atoms with Gasteiger partial charge in [0.05, 0.1) is 19.0 Å². The van der Waals surface area contributed by atoms with E-state index in [4.69, 9.17) is 4.74 Å². The average Bonchev–Trinajstić information content (AvgIpc) is 2.26. The van der Waals surface area contributed by atoms with E-state index in [1.165, 1.54) is 19.4 Å². The molecule has 0 saturated carbocycles. The number of amides is 1. The molecule has 0 aliphatic carbocycles. The molecule has 0 atom stereocenters. The molecular formula is C12H16N2O4. The van der Waals surface area contributed by atoms with Gasteiger partial charge in [0.25, 0.3) is 0 Å². The summed E-state index contributed by atoms with van der Waals surface area (Å²) in [5.41, 5.74) is 0.0489. The molecule has 0 spiro atoms. The zero-order chi connectivity index (χ0) is 13.8. The Morgan fingerprint density at radius 2 is 1.94 bits per heavy atom. The van der Waals surface area contributed by atoms with Crippen molar-refractivity contribution < 1.29 is 19.1 Å². The minimum absolute atomic E-state index is 0.173. The maximum absolute atomic E-state index is 11.5. The summed E-state index contributed by atoms with van der Waals surface area (Å²) in [4.78, 5) is 26.4. The quantitative estimate of drug-likeness (QED) is 0.816. The Labute approximate surface area is 105 Å². The Balaban J connectivity index is 2.64. The monoisotopic (exact) mass is 252 g/mol. The number of nitrogens with zero attached hydrogens (tertiary/aromatic N) is 1. The van der Waals surface area contributed by atoms with Gasteiger partial charge in [0.2, 0.25) is 0 Å². The third-order valence-electron chi connectivity index (χ3n) is 1.80. The largest absolute Gasteiger partial charge is 0.464 e. The fourth-order valence-corrected chi connectivity index (χ4v) is 1.11. The number of methoxy groups -OCH3 is 1. The molecule has 1 heterocycles. The smallest absolute Gasteiger partial charge is 0.412 e. The minimum Gasteiger partial charge on any atom is -0.464 e. The molecule has 1 rings (SSSR count). The minimum atomic E-state index is -0.574. The summed E-state index contributed by atoms with van der Waals surface area (Å²) in [6.45, 7) is 5.31. The van der Waals surface area contributed by atoms with Gasteiger partial charge in [-0.25, -0.2) is 14.6 Å². The van der Waals surface area contributed by atoms with Gasteiger partial charge < -0.3 is 9.47 Å². The highest BCUT2D eigenvalue weighted by Gasteiger charge is 2.16. The van der Waals surface area contributed by atoms with E-state index in [0.717, 1.165) is 0 Å². The number of esters is 1. The molecule has 1 aromatic rings. The zero-order valence-electron chi connectivity index (χ0n) is 10.8. The van der Waals surface area contributed by atoms with Crippen LogP contribution in [0.4, 0.5) is 10.5 Å². The second-order valence-electron chi connectivity index (χ2n) is 4.55. The molecule has 0 saturated heterocycles. The Hall–Kier alpha value is -2.11. The van der Waals surface area contributed by atoms with Gasteiger partial charge in [-0.3, -0.25) is 5.32 Å². The van der Waals surface area contributed by atoms with Crippen LogP contribution in [-0.2, 0) is 9.47 Å². The van der Waals surface area contributed by atoms with Gasteiger partial charge in [0.15, 0.2) is 0 Å². The molecule has 0 fully saturated rings. The summed E-state index contributed by atoms with van der Waals surface area (Å²) >= 11 is 0.